The van der Waals surface area contributed by atoms with Crippen LogP contribution in [0.5, 0.6) is 0 Å². The van der Waals surface area contributed by atoms with Crippen LogP contribution in [0, 0.1) is 83.1 Å². The standard InChI is InChI=1S/C48H55NSi2/c1-31-13-19-37(7)43(25-31)50(44-26-32(2)14-20-38(44)8,45-27-33(3)15-21-39(45)9)49-51(46-28-34(4)16-22-40(46)10,47-29-35(5)17-23-41(47)11)48-30-36(6)18-24-42(48)12/h13-30,49H,1-12H3. The van der Waals surface area contributed by atoms with E-state index in [1.807, 2.05) is 0 Å². The molecular weight excluding hydrogens is 647 g/mol. The Morgan fingerprint density at radius 2 is 0.412 bits per heavy atom. The van der Waals surface area contributed by atoms with Gasteiger partial charge in [-0.15, -0.1) is 0 Å². The molecule has 1 N–H and O–H groups in total. The predicted molar refractivity (Wildman–Crippen MR) is 228 cm³/mol. The van der Waals surface area contributed by atoms with E-state index in [9.17, 15) is 0 Å². The summed E-state index contributed by atoms with van der Waals surface area (Å²) in [5.74, 6) is 0. The van der Waals surface area contributed by atoms with Crippen LogP contribution in [0.25, 0.3) is 0 Å². The van der Waals surface area contributed by atoms with Gasteiger partial charge in [0.15, 0.2) is 0 Å². The molecule has 260 valence electrons. The highest BCUT2D eigenvalue weighted by molar-refractivity contribution is 7.23. The van der Waals surface area contributed by atoms with Gasteiger partial charge < -0.3 is 4.65 Å². The normalized spacial score (nSPS) is 12.0. The summed E-state index contributed by atoms with van der Waals surface area (Å²) in [6, 6.07) is 43.0. The largest absolute Gasteiger partial charge is 0.338 e. The first-order valence-corrected chi connectivity index (χ1v) is 22.4. The van der Waals surface area contributed by atoms with Crippen LogP contribution >= 0.6 is 0 Å². The lowest BCUT2D eigenvalue weighted by Gasteiger charge is -2.48. The maximum absolute atomic E-state index is 5.06. The van der Waals surface area contributed by atoms with Gasteiger partial charge in [-0.2, -0.15) is 0 Å². The minimum absolute atomic E-state index is 1.29. The first kappa shape index (κ1) is 36.5. The van der Waals surface area contributed by atoms with Crippen molar-refractivity contribution in [2.75, 3.05) is 0 Å². The van der Waals surface area contributed by atoms with E-state index in [-0.39, 0.29) is 0 Å². The lowest BCUT2D eigenvalue weighted by molar-refractivity contribution is 1.30. The van der Waals surface area contributed by atoms with E-state index >= 15 is 0 Å². The predicted octanol–water partition coefficient (Wildman–Crippen LogP) is 7.61. The summed E-state index contributed by atoms with van der Waals surface area (Å²) in [6.07, 6.45) is 0. The van der Waals surface area contributed by atoms with Gasteiger partial charge in [0.25, 0.3) is 0 Å². The Labute approximate surface area is 310 Å². The number of rotatable bonds is 8. The highest BCUT2D eigenvalue weighted by Crippen LogP contribution is 2.22. The first-order valence-electron chi connectivity index (χ1n) is 18.4. The Hall–Kier alpha value is -4.29. The molecule has 0 unspecified atom stereocenters. The van der Waals surface area contributed by atoms with Crippen LogP contribution < -0.4 is 35.8 Å². The van der Waals surface area contributed by atoms with Gasteiger partial charge in [0, 0.05) is 0 Å². The van der Waals surface area contributed by atoms with Crippen LogP contribution in [0.1, 0.15) is 66.8 Å². The van der Waals surface area contributed by atoms with E-state index in [0.717, 1.165) is 0 Å². The van der Waals surface area contributed by atoms with Crippen molar-refractivity contribution in [2.45, 2.75) is 83.1 Å². The number of hydrogen-bond acceptors (Lipinski definition) is 1. The molecule has 6 rings (SSSR count). The van der Waals surface area contributed by atoms with Crippen molar-refractivity contribution < 1.29 is 0 Å². The van der Waals surface area contributed by atoms with Crippen LogP contribution in [0.15, 0.2) is 109 Å². The molecule has 6 aromatic rings. The SMILES string of the molecule is Cc1ccc(C)c([Si](N[Si](c2cc(C)ccc2C)(c2cc(C)ccc2C)c2cc(C)ccc2C)(c2cc(C)ccc2C)c2cc(C)ccc2C)c1. The number of nitrogens with one attached hydrogen (secondary N) is 1. The molecule has 1 nitrogen and oxygen atoms in total. The molecular formula is C48H55NSi2. The summed E-state index contributed by atoms with van der Waals surface area (Å²) in [5, 5.41) is 8.68. The fourth-order valence-corrected chi connectivity index (χ4v) is 22.3. The van der Waals surface area contributed by atoms with Crippen molar-refractivity contribution >= 4 is 47.6 Å². The fraction of sp³-hybridized carbons (Fsp3) is 0.250. The number of hydrogen-bond donors (Lipinski definition) is 1. The molecule has 0 heterocycles. The van der Waals surface area contributed by atoms with Crippen molar-refractivity contribution in [3.05, 3.63) is 176 Å². The Morgan fingerprint density at radius 3 is 0.569 bits per heavy atom. The molecule has 0 fully saturated rings. The van der Waals surface area contributed by atoms with Crippen LogP contribution in [-0.4, -0.2) is 16.5 Å². The summed E-state index contributed by atoms with van der Waals surface area (Å²) < 4.78 is 5.06. The van der Waals surface area contributed by atoms with Gasteiger partial charge in [-0.1, -0.05) is 143 Å². The van der Waals surface area contributed by atoms with Crippen molar-refractivity contribution in [3.63, 3.8) is 0 Å². The molecule has 0 aliphatic heterocycles. The van der Waals surface area contributed by atoms with E-state index in [4.69, 9.17) is 4.65 Å². The highest BCUT2D eigenvalue weighted by atomic mass is 28.4. The molecule has 51 heavy (non-hydrogen) atoms. The third kappa shape index (κ3) is 6.52. The summed E-state index contributed by atoms with van der Waals surface area (Å²) in [6.45, 7) is 27.6. The van der Waals surface area contributed by atoms with Crippen molar-refractivity contribution in [1.82, 2.24) is 4.65 Å². The Balaban J connectivity index is 1.97. The number of benzene rings is 6. The van der Waals surface area contributed by atoms with Crippen molar-refractivity contribution in [3.8, 4) is 0 Å². The van der Waals surface area contributed by atoms with Crippen LogP contribution in [-0.2, 0) is 0 Å². The smallest absolute Gasteiger partial charge is 0.217 e. The van der Waals surface area contributed by atoms with Crippen LogP contribution in [0.3, 0.4) is 0 Å². The molecule has 0 amide bonds. The molecule has 0 aromatic heterocycles. The van der Waals surface area contributed by atoms with E-state index in [2.05, 4.69) is 192 Å². The molecule has 6 aromatic carbocycles. The van der Waals surface area contributed by atoms with Crippen LogP contribution in [0.2, 0.25) is 0 Å². The lowest BCUT2D eigenvalue weighted by Crippen LogP contribution is -2.91. The molecule has 0 saturated heterocycles. The maximum atomic E-state index is 5.06. The second-order valence-electron chi connectivity index (χ2n) is 15.5. The minimum Gasteiger partial charge on any atom is -0.338 e. The molecule has 0 bridgehead atoms. The maximum Gasteiger partial charge on any atom is 0.217 e. The average molecular weight is 702 g/mol. The summed E-state index contributed by atoms with van der Waals surface area (Å²) in [4.78, 5) is 0. The zero-order valence-electron chi connectivity index (χ0n) is 32.9. The van der Waals surface area contributed by atoms with Gasteiger partial charge in [0.1, 0.15) is 0 Å². The van der Waals surface area contributed by atoms with E-state index in [0.29, 0.717) is 0 Å². The average Bonchev–Trinajstić information content (AvgIpc) is 3.09. The Kier molecular flexibility index (Phi) is 10.0. The first-order chi connectivity index (χ1) is 24.2. The van der Waals surface area contributed by atoms with Gasteiger partial charge in [-0.3, -0.25) is 0 Å². The molecule has 0 atom stereocenters. The zero-order valence-corrected chi connectivity index (χ0v) is 34.9. The topological polar surface area (TPSA) is 12.0 Å². The fourth-order valence-electron chi connectivity index (χ4n) is 8.39. The van der Waals surface area contributed by atoms with E-state index in [1.165, 1.54) is 97.9 Å². The summed E-state index contributed by atoms with van der Waals surface area (Å²) in [5.41, 5.74) is 15.8. The summed E-state index contributed by atoms with van der Waals surface area (Å²) in [7, 11) is -6.29. The molecule has 0 saturated carbocycles. The molecule has 0 aliphatic carbocycles. The monoisotopic (exact) mass is 701 g/mol. The molecule has 0 radical (unpaired) electrons. The summed E-state index contributed by atoms with van der Waals surface area (Å²) >= 11 is 0. The Bertz CT molecular complexity index is 1870. The lowest BCUT2D eigenvalue weighted by atomic mass is 10.1. The van der Waals surface area contributed by atoms with Crippen LogP contribution in [0.4, 0.5) is 0 Å². The second kappa shape index (κ2) is 14.0. The van der Waals surface area contributed by atoms with Gasteiger partial charge in [-0.25, -0.2) is 0 Å². The zero-order chi connectivity index (χ0) is 36.8. The van der Waals surface area contributed by atoms with Gasteiger partial charge >= 0.3 is 0 Å². The minimum atomic E-state index is -3.14. The van der Waals surface area contributed by atoms with Gasteiger partial charge in [0.05, 0.1) is 0 Å². The molecule has 0 spiro atoms. The van der Waals surface area contributed by atoms with Crippen molar-refractivity contribution in [1.29, 1.82) is 0 Å². The van der Waals surface area contributed by atoms with Gasteiger partial charge in [0.2, 0.25) is 16.5 Å². The third-order valence-corrected chi connectivity index (χ3v) is 22.2. The molecule has 0 aliphatic rings. The van der Waals surface area contributed by atoms with E-state index in [1.54, 1.807) is 0 Å². The van der Waals surface area contributed by atoms with E-state index < -0.39 is 16.5 Å². The van der Waals surface area contributed by atoms with Gasteiger partial charge in [-0.05, 0) is 148 Å². The molecule has 3 heteroatoms. The second-order valence-corrected chi connectivity index (χ2v) is 22.8. The third-order valence-electron chi connectivity index (χ3n) is 11.2. The quantitative estimate of drug-likeness (QED) is 0.127. The number of aryl methyl sites for hydroxylation is 12. The highest BCUT2D eigenvalue weighted by Gasteiger charge is 2.54. The Morgan fingerprint density at radius 1 is 0.255 bits per heavy atom. The van der Waals surface area contributed by atoms with Crippen molar-refractivity contribution in [2.24, 2.45) is 0 Å².